The molecule has 0 atom stereocenters. The summed E-state index contributed by atoms with van der Waals surface area (Å²) in [7, 11) is -2.08. The van der Waals surface area contributed by atoms with E-state index in [1.54, 1.807) is 45.2 Å². The largest absolute Gasteiger partial charge is 0.461 e. The first-order valence-electron chi connectivity index (χ1n) is 9.22. The zero-order valence-electron chi connectivity index (χ0n) is 17.0. The van der Waals surface area contributed by atoms with Crippen molar-refractivity contribution in [2.24, 2.45) is 7.05 Å². The fourth-order valence-electron chi connectivity index (χ4n) is 2.91. The Kier molecular flexibility index (Phi) is 7.20. The van der Waals surface area contributed by atoms with Crippen molar-refractivity contribution < 1.29 is 17.9 Å². The highest BCUT2D eigenvalue weighted by molar-refractivity contribution is 7.92. The zero-order valence-corrected chi connectivity index (χ0v) is 17.8. The molecule has 1 heterocycles. The molecule has 1 N–H and O–H groups in total. The van der Waals surface area contributed by atoms with Gasteiger partial charge in [0, 0.05) is 19.3 Å². The molecule has 0 radical (unpaired) electrons. The minimum absolute atomic E-state index is 0.162. The van der Waals surface area contributed by atoms with E-state index in [-0.39, 0.29) is 4.90 Å². The summed E-state index contributed by atoms with van der Waals surface area (Å²) >= 11 is 0. The van der Waals surface area contributed by atoms with E-state index >= 15 is 0 Å². The molecule has 0 saturated heterocycles. The van der Waals surface area contributed by atoms with Crippen molar-refractivity contribution in [2.75, 3.05) is 31.0 Å². The van der Waals surface area contributed by atoms with Crippen LogP contribution in [0.25, 0.3) is 0 Å². The molecule has 0 aliphatic carbocycles. The van der Waals surface area contributed by atoms with Gasteiger partial charge in [-0.3, -0.25) is 9.40 Å². The van der Waals surface area contributed by atoms with Crippen molar-refractivity contribution in [3.63, 3.8) is 0 Å². The Bertz CT molecular complexity index is 916. The average molecular weight is 409 g/mol. The molecule has 1 aromatic carbocycles. The van der Waals surface area contributed by atoms with E-state index in [2.05, 4.69) is 28.6 Å². The third-order valence-corrected chi connectivity index (χ3v) is 6.25. The molecule has 154 valence electrons. The summed E-state index contributed by atoms with van der Waals surface area (Å²) in [6, 6.07) is 6.17. The molecule has 1 aromatic heterocycles. The summed E-state index contributed by atoms with van der Waals surface area (Å²) in [4.78, 5) is 14.4. The predicted octanol–water partition coefficient (Wildman–Crippen LogP) is 2.34. The molecule has 0 fully saturated rings. The van der Waals surface area contributed by atoms with E-state index in [0.29, 0.717) is 35.8 Å². The third kappa shape index (κ3) is 5.11. The number of nitrogens with zero attached hydrogens (tertiary/aromatic N) is 3. The van der Waals surface area contributed by atoms with Gasteiger partial charge in [0.15, 0.2) is 0 Å². The maximum atomic E-state index is 12.7. The number of anilines is 1. The highest BCUT2D eigenvalue weighted by Crippen LogP contribution is 2.22. The molecule has 9 heteroatoms. The first-order chi connectivity index (χ1) is 13.2. The molecular formula is C19H28N4O4S. The molecule has 0 bridgehead atoms. The van der Waals surface area contributed by atoms with Crippen molar-refractivity contribution in [3.05, 3.63) is 41.2 Å². The number of aromatic nitrogens is 2. The number of likely N-dealkylation sites (N-methyl/N-ethyl adjacent to an activating group) is 1. The van der Waals surface area contributed by atoms with Crippen LogP contribution in [0.4, 0.5) is 5.69 Å². The Hall–Kier alpha value is -2.39. The molecule has 0 aliphatic heterocycles. The van der Waals surface area contributed by atoms with Gasteiger partial charge in [0.1, 0.15) is 11.5 Å². The number of carbonyl (C=O) groups excluding carboxylic acids is 1. The summed E-state index contributed by atoms with van der Waals surface area (Å²) in [5.74, 6) is -0.430. The van der Waals surface area contributed by atoms with Crippen LogP contribution in [0.15, 0.2) is 29.2 Å². The number of rotatable bonds is 9. The smallest absolute Gasteiger partial charge is 0.338 e. The minimum Gasteiger partial charge on any atom is -0.461 e. The van der Waals surface area contributed by atoms with Crippen LogP contribution >= 0.6 is 0 Å². The van der Waals surface area contributed by atoms with Crippen LogP contribution < -0.4 is 4.72 Å². The van der Waals surface area contributed by atoms with E-state index in [0.717, 1.165) is 13.1 Å². The summed E-state index contributed by atoms with van der Waals surface area (Å²) in [6.45, 7) is 10.3. The van der Waals surface area contributed by atoms with Gasteiger partial charge < -0.3 is 9.64 Å². The maximum Gasteiger partial charge on any atom is 0.338 e. The van der Waals surface area contributed by atoms with Crippen molar-refractivity contribution in [3.8, 4) is 0 Å². The van der Waals surface area contributed by atoms with Crippen LogP contribution in [0.5, 0.6) is 0 Å². The van der Waals surface area contributed by atoms with Crippen LogP contribution in [-0.2, 0) is 21.8 Å². The lowest BCUT2D eigenvalue weighted by atomic mass is 10.2. The summed E-state index contributed by atoms with van der Waals surface area (Å²) in [5, 5.41) is 4.14. The number of nitrogens with one attached hydrogen (secondary N) is 1. The number of benzene rings is 1. The lowest BCUT2D eigenvalue weighted by Crippen LogP contribution is -2.27. The molecule has 0 unspecified atom stereocenters. The van der Waals surface area contributed by atoms with Crippen molar-refractivity contribution >= 4 is 21.7 Å². The Morgan fingerprint density at radius 1 is 1.18 bits per heavy atom. The third-order valence-electron chi connectivity index (χ3n) is 4.62. The van der Waals surface area contributed by atoms with Gasteiger partial charge in [-0.15, -0.1) is 0 Å². The van der Waals surface area contributed by atoms with E-state index in [9.17, 15) is 13.2 Å². The first-order valence-corrected chi connectivity index (χ1v) is 10.7. The van der Waals surface area contributed by atoms with Crippen molar-refractivity contribution in [2.45, 2.75) is 32.6 Å². The van der Waals surface area contributed by atoms with Crippen molar-refractivity contribution in [1.82, 2.24) is 14.7 Å². The van der Waals surface area contributed by atoms with E-state index in [1.165, 1.54) is 4.68 Å². The fraction of sp³-hybridized carbons (Fsp3) is 0.474. The molecule has 0 saturated carbocycles. The summed E-state index contributed by atoms with van der Waals surface area (Å²) in [5.41, 5.74) is 1.72. The number of carbonyl (C=O) groups is 1. The molecule has 0 spiro atoms. The first kappa shape index (κ1) is 21.9. The van der Waals surface area contributed by atoms with Gasteiger partial charge in [0.05, 0.1) is 17.0 Å². The second kappa shape index (κ2) is 9.20. The predicted molar refractivity (Wildman–Crippen MR) is 108 cm³/mol. The van der Waals surface area contributed by atoms with Gasteiger partial charge in [-0.05, 0) is 51.2 Å². The van der Waals surface area contributed by atoms with E-state index < -0.39 is 16.0 Å². The normalized spacial score (nSPS) is 11.6. The van der Waals surface area contributed by atoms with Gasteiger partial charge in [0.25, 0.3) is 10.0 Å². The Balaban J connectivity index is 2.03. The number of hydrogen-bond donors (Lipinski definition) is 1. The Labute approximate surface area is 166 Å². The number of aryl methyl sites for hydroxylation is 2. The second-order valence-corrected chi connectivity index (χ2v) is 8.09. The molecule has 2 rings (SSSR count). The highest BCUT2D eigenvalue weighted by Gasteiger charge is 2.24. The summed E-state index contributed by atoms with van der Waals surface area (Å²) in [6.07, 6.45) is 0. The molecule has 0 aliphatic rings. The fourth-order valence-corrected chi connectivity index (χ4v) is 4.41. The topological polar surface area (TPSA) is 93.5 Å². The second-order valence-electron chi connectivity index (χ2n) is 6.47. The zero-order chi connectivity index (χ0) is 20.9. The Morgan fingerprint density at radius 3 is 2.29 bits per heavy atom. The highest BCUT2D eigenvalue weighted by atomic mass is 32.2. The van der Waals surface area contributed by atoms with Crippen LogP contribution in [0, 0.1) is 13.8 Å². The molecule has 2 aromatic rings. The van der Waals surface area contributed by atoms with E-state index in [4.69, 9.17) is 4.74 Å². The number of esters is 1. The van der Waals surface area contributed by atoms with Crippen LogP contribution in [0.1, 0.15) is 35.6 Å². The number of hydrogen-bond acceptors (Lipinski definition) is 6. The van der Waals surface area contributed by atoms with Gasteiger partial charge in [-0.25, -0.2) is 13.2 Å². The maximum absolute atomic E-state index is 12.7. The minimum atomic E-state index is -3.77. The lowest BCUT2D eigenvalue weighted by molar-refractivity contribution is 0.0466. The molecule has 0 amide bonds. The van der Waals surface area contributed by atoms with Crippen LogP contribution in [-0.4, -0.2) is 55.3 Å². The quantitative estimate of drug-likeness (QED) is 0.640. The van der Waals surface area contributed by atoms with Gasteiger partial charge >= 0.3 is 5.97 Å². The SMILES string of the molecule is CCN(CC)CCOC(=O)c1ccc(NS(=O)(=O)c2c(C)nn(C)c2C)cc1. The van der Waals surface area contributed by atoms with Gasteiger partial charge in [-0.1, -0.05) is 13.8 Å². The van der Waals surface area contributed by atoms with E-state index in [1.807, 2.05) is 0 Å². The molecule has 8 nitrogen and oxygen atoms in total. The average Bonchev–Trinajstić information content (AvgIpc) is 2.91. The Morgan fingerprint density at radius 2 is 1.79 bits per heavy atom. The molecular weight excluding hydrogens is 380 g/mol. The monoisotopic (exact) mass is 408 g/mol. The van der Waals surface area contributed by atoms with Gasteiger partial charge in [-0.2, -0.15) is 5.10 Å². The molecule has 28 heavy (non-hydrogen) atoms. The van der Waals surface area contributed by atoms with Gasteiger partial charge in [0.2, 0.25) is 0 Å². The van der Waals surface area contributed by atoms with Crippen LogP contribution in [0.2, 0.25) is 0 Å². The van der Waals surface area contributed by atoms with Crippen molar-refractivity contribution in [1.29, 1.82) is 0 Å². The summed E-state index contributed by atoms with van der Waals surface area (Å²) < 4.78 is 34.7. The lowest BCUT2D eigenvalue weighted by Gasteiger charge is -2.17. The standard InChI is InChI=1S/C19H28N4O4S/c1-6-23(7-2)12-13-27-19(24)16-8-10-17(11-9-16)21-28(25,26)18-14(3)20-22(5)15(18)4/h8-11,21H,6-7,12-13H2,1-5H3. The number of ether oxygens (including phenoxy) is 1. The number of sulfonamides is 1. The van der Waals surface area contributed by atoms with Crippen LogP contribution in [0.3, 0.4) is 0 Å².